The molecule has 6 nitrogen and oxygen atoms in total. The molecule has 6 heteroatoms. The Hall–Kier alpha value is -2.08. The quantitative estimate of drug-likeness (QED) is 0.733. The molecule has 1 atom stereocenters. The molecule has 0 unspecified atom stereocenters. The van der Waals surface area contributed by atoms with E-state index >= 15 is 0 Å². The number of piperidine rings is 1. The first-order valence-electron chi connectivity index (χ1n) is 11.0. The van der Waals surface area contributed by atoms with Gasteiger partial charge in [-0.3, -0.25) is 9.69 Å². The predicted octanol–water partition coefficient (Wildman–Crippen LogP) is 3.37. The topological polar surface area (TPSA) is 53.1 Å². The first-order chi connectivity index (χ1) is 14.0. The van der Waals surface area contributed by atoms with E-state index in [2.05, 4.69) is 29.2 Å². The van der Waals surface area contributed by atoms with Crippen molar-refractivity contribution < 1.29 is 14.3 Å². The van der Waals surface area contributed by atoms with Gasteiger partial charge in [-0.2, -0.15) is 0 Å². The van der Waals surface area contributed by atoms with E-state index in [9.17, 15) is 9.59 Å². The minimum Gasteiger partial charge on any atom is -0.447 e. The van der Waals surface area contributed by atoms with Gasteiger partial charge in [0.2, 0.25) is 5.91 Å². The molecule has 2 aliphatic heterocycles. The molecule has 2 heterocycles. The van der Waals surface area contributed by atoms with Crippen LogP contribution in [-0.4, -0.2) is 72.1 Å². The molecule has 0 spiro atoms. The third-order valence-electron chi connectivity index (χ3n) is 5.85. The zero-order valence-corrected chi connectivity index (χ0v) is 17.9. The molecule has 2 fully saturated rings. The van der Waals surface area contributed by atoms with Crippen LogP contribution < -0.4 is 0 Å². The van der Waals surface area contributed by atoms with Crippen LogP contribution in [0, 0.1) is 5.92 Å². The van der Waals surface area contributed by atoms with Crippen LogP contribution in [0.1, 0.15) is 45.1 Å². The van der Waals surface area contributed by atoms with E-state index in [0.717, 1.165) is 58.5 Å². The Morgan fingerprint density at radius 2 is 1.76 bits per heavy atom. The van der Waals surface area contributed by atoms with Gasteiger partial charge in [-0.25, -0.2) is 4.79 Å². The van der Waals surface area contributed by atoms with Gasteiger partial charge in [-0.05, 0) is 44.6 Å². The van der Waals surface area contributed by atoms with Crippen LogP contribution in [0.2, 0.25) is 0 Å². The van der Waals surface area contributed by atoms with Crippen molar-refractivity contribution in [1.82, 2.24) is 14.7 Å². The summed E-state index contributed by atoms with van der Waals surface area (Å²) in [6.07, 6.45) is 3.20. The molecular formula is C23H35N3O3. The number of carbonyl (C=O) groups excluding carboxylic acids is 2. The summed E-state index contributed by atoms with van der Waals surface area (Å²) in [7, 11) is 0. The average molecular weight is 402 g/mol. The summed E-state index contributed by atoms with van der Waals surface area (Å²) < 4.78 is 5.32. The number of benzene rings is 1. The molecule has 2 amide bonds. The van der Waals surface area contributed by atoms with Gasteiger partial charge in [-0.15, -0.1) is 0 Å². The Kier molecular flexibility index (Phi) is 7.92. The van der Waals surface area contributed by atoms with Gasteiger partial charge in [0.25, 0.3) is 0 Å². The van der Waals surface area contributed by atoms with E-state index in [-0.39, 0.29) is 18.1 Å². The zero-order valence-electron chi connectivity index (χ0n) is 17.9. The first kappa shape index (κ1) is 21.6. The molecule has 2 aliphatic rings. The number of amides is 2. The lowest BCUT2D eigenvalue weighted by molar-refractivity contribution is -0.133. The molecular weight excluding hydrogens is 366 g/mol. The lowest BCUT2D eigenvalue weighted by atomic mass is 9.93. The minimum atomic E-state index is -0.217. The van der Waals surface area contributed by atoms with E-state index in [1.165, 1.54) is 5.56 Å². The predicted molar refractivity (Wildman–Crippen MR) is 113 cm³/mol. The van der Waals surface area contributed by atoms with Crippen molar-refractivity contribution in [3.05, 3.63) is 35.9 Å². The number of hydrogen-bond acceptors (Lipinski definition) is 4. The molecule has 3 rings (SSSR count). The normalized spacial score (nSPS) is 20.7. The van der Waals surface area contributed by atoms with Crippen molar-refractivity contribution in [3.8, 4) is 0 Å². The highest BCUT2D eigenvalue weighted by Crippen LogP contribution is 2.22. The van der Waals surface area contributed by atoms with E-state index < -0.39 is 0 Å². The summed E-state index contributed by atoms with van der Waals surface area (Å²) in [4.78, 5) is 31.0. The maximum atomic E-state index is 12.7. The molecule has 0 bridgehead atoms. The number of nitrogens with zero attached hydrogens (tertiary/aromatic N) is 3. The van der Waals surface area contributed by atoms with Crippen molar-refractivity contribution in [2.24, 2.45) is 5.92 Å². The van der Waals surface area contributed by atoms with Crippen molar-refractivity contribution in [2.75, 3.05) is 39.3 Å². The molecule has 160 valence electrons. The monoisotopic (exact) mass is 401 g/mol. The molecule has 0 aromatic heterocycles. The Labute approximate surface area is 174 Å². The first-order valence-corrected chi connectivity index (χ1v) is 11.0. The second-order valence-corrected chi connectivity index (χ2v) is 8.57. The van der Waals surface area contributed by atoms with Crippen molar-refractivity contribution in [1.29, 1.82) is 0 Å². The van der Waals surface area contributed by atoms with Gasteiger partial charge in [-0.1, -0.05) is 30.3 Å². The standard InChI is InChI=1S/C23H35N3O3/c1-19(2)29-23(28)26-12-6-9-21(18-26)10-11-22(27)25-15-13-24(14-16-25)17-20-7-4-3-5-8-20/h3-5,7-8,19,21H,6,9-18H2,1-2H3/t21-/m1/s1. The fourth-order valence-electron chi connectivity index (χ4n) is 4.23. The number of piperazine rings is 1. The molecule has 0 saturated carbocycles. The van der Waals surface area contributed by atoms with E-state index in [1.54, 1.807) is 4.90 Å². The Bertz CT molecular complexity index is 657. The third-order valence-corrected chi connectivity index (χ3v) is 5.85. The molecule has 1 aromatic carbocycles. The van der Waals surface area contributed by atoms with Crippen molar-refractivity contribution in [3.63, 3.8) is 0 Å². The van der Waals surface area contributed by atoms with Crippen LogP contribution in [0.4, 0.5) is 4.79 Å². The summed E-state index contributed by atoms with van der Waals surface area (Å²) in [5, 5.41) is 0. The molecule has 29 heavy (non-hydrogen) atoms. The number of likely N-dealkylation sites (tertiary alicyclic amines) is 1. The summed E-state index contributed by atoms with van der Waals surface area (Å²) in [5.74, 6) is 0.651. The van der Waals surface area contributed by atoms with Gasteiger partial charge in [0, 0.05) is 52.2 Å². The van der Waals surface area contributed by atoms with Crippen LogP contribution in [0.15, 0.2) is 30.3 Å². The smallest absolute Gasteiger partial charge is 0.410 e. The van der Waals surface area contributed by atoms with Crippen LogP contribution in [0.3, 0.4) is 0 Å². The summed E-state index contributed by atoms with van der Waals surface area (Å²) in [6, 6.07) is 10.5. The summed E-state index contributed by atoms with van der Waals surface area (Å²) in [6.45, 7) is 9.65. The Morgan fingerprint density at radius 3 is 2.45 bits per heavy atom. The van der Waals surface area contributed by atoms with E-state index in [0.29, 0.717) is 18.9 Å². The minimum absolute atomic E-state index is 0.0926. The highest BCUT2D eigenvalue weighted by atomic mass is 16.6. The van der Waals surface area contributed by atoms with E-state index in [4.69, 9.17) is 4.74 Å². The second kappa shape index (κ2) is 10.6. The Balaban J connectivity index is 1.37. The highest BCUT2D eigenvalue weighted by Gasteiger charge is 2.27. The van der Waals surface area contributed by atoms with Gasteiger partial charge in [0.15, 0.2) is 0 Å². The van der Waals surface area contributed by atoms with Crippen LogP contribution in [0.5, 0.6) is 0 Å². The van der Waals surface area contributed by atoms with Crippen molar-refractivity contribution in [2.45, 2.75) is 52.2 Å². The second-order valence-electron chi connectivity index (χ2n) is 8.57. The van der Waals surface area contributed by atoms with Gasteiger partial charge in [0.05, 0.1) is 6.10 Å². The Morgan fingerprint density at radius 1 is 1.03 bits per heavy atom. The van der Waals surface area contributed by atoms with Crippen LogP contribution in [0.25, 0.3) is 0 Å². The van der Waals surface area contributed by atoms with Crippen LogP contribution in [-0.2, 0) is 16.1 Å². The third kappa shape index (κ3) is 6.74. The van der Waals surface area contributed by atoms with Gasteiger partial charge in [0.1, 0.15) is 0 Å². The maximum absolute atomic E-state index is 12.7. The van der Waals surface area contributed by atoms with Crippen molar-refractivity contribution >= 4 is 12.0 Å². The lowest BCUT2D eigenvalue weighted by Gasteiger charge is -2.36. The molecule has 0 N–H and O–H groups in total. The fraction of sp³-hybridized carbons (Fsp3) is 0.652. The molecule has 0 radical (unpaired) electrons. The molecule has 2 saturated heterocycles. The van der Waals surface area contributed by atoms with E-state index in [1.807, 2.05) is 24.8 Å². The zero-order chi connectivity index (χ0) is 20.6. The number of ether oxygens (including phenoxy) is 1. The fourth-order valence-corrected chi connectivity index (χ4v) is 4.23. The molecule has 1 aromatic rings. The number of hydrogen-bond donors (Lipinski definition) is 0. The largest absolute Gasteiger partial charge is 0.447 e. The average Bonchev–Trinajstić information content (AvgIpc) is 2.73. The highest BCUT2D eigenvalue weighted by molar-refractivity contribution is 5.76. The lowest BCUT2D eigenvalue weighted by Crippen LogP contribution is -2.48. The number of carbonyl (C=O) groups is 2. The van der Waals surface area contributed by atoms with Crippen LogP contribution >= 0.6 is 0 Å². The van der Waals surface area contributed by atoms with Gasteiger partial charge >= 0.3 is 6.09 Å². The summed E-state index contributed by atoms with van der Waals surface area (Å²) in [5.41, 5.74) is 1.32. The van der Waals surface area contributed by atoms with Gasteiger partial charge < -0.3 is 14.5 Å². The molecule has 0 aliphatic carbocycles. The maximum Gasteiger partial charge on any atom is 0.410 e. The summed E-state index contributed by atoms with van der Waals surface area (Å²) >= 11 is 0. The SMILES string of the molecule is CC(C)OC(=O)N1CCC[C@H](CCC(=O)N2CCN(Cc3ccccc3)CC2)C1. The number of rotatable bonds is 6.